The molecule has 0 saturated heterocycles. The minimum Gasteiger partial charge on any atom is -0.486 e. The maximum absolute atomic E-state index is 11.9. The summed E-state index contributed by atoms with van der Waals surface area (Å²) in [6, 6.07) is 7.45. The van der Waals surface area contributed by atoms with Gasteiger partial charge in [0.05, 0.1) is 11.0 Å². The lowest BCUT2D eigenvalue weighted by atomic mass is 10.2. The van der Waals surface area contributed by atoms with E-state index in [2.05, 4.69) is 11.5 Å². The largest absolute Gasteiger partial charge is 0.486 e. The van der Waals surface area contributed by atoms with Crippen LogP contribution in [0, 0.1) is 6.92 Å². The Balaban J connectivity index is 2.17. The van der Waals surface area contributed by atoms with Gasteiger partial charge >= 0.3 is 0 Å². The molecule has 124 valence electrons. The number of carbonyl (C=O) groups excluding carboxylic acids is 1. The lowest BCUT2D eigenvalue weighted by Crippen LogP contribution is -2.18. The Morgan fingerprint density at radius 1 is 1.29 bits per heavy atom. The highest BCUT2D eigenvalue weighted by Crippen LogP contribution is 2.27. The van der Waals surface area contributed by atoms with Gasteiger partial charge in [-0.15, -0.1) is 0 Å². The molecular formula is C18H19N3O3. The van der Waals surface area contributed by atoms with Gasteiger partial charge in [0.1, 0.15) is 18.2 Å². The molecule has 6 heteroatoms. The van der Waals surface area contributed by atoms with Crippen LogP contribution in [0.15, 0.2) is 35.3 Å². The predicted octanol–water partition coefficient (Wildman–Crippen LogP) is 2.31. The van der Waals surface area contributed by atoms with Crippen LogP contribution < -0.4 is 10.3 Å². The van der Waals surface area contributed by atoms with Crippen molar-refractivity contribution in [1.82, 2.24) is 14.1 Å². The van der Waals surface area contributed by atoms with E-state index in [0.29, 0.717) is 17.6 Å². The zero-order valence-corrected chi connectivity index (χ0v) is 13.9. The van der Waals surface area contributed by atoms with Crippen LogP contribution in [0.5, 0.6) is 5.75 Å². The summed E-state index contributed by atoms with van der Waals surface area (Å²) in [4.78, 5) is 27.1. The second-order valence-corrected chi connectivity index (χ2v) is 5.64. The van der Waals surface area contributed by atoms with E-state index in [1.807, 2.05) is 24.3 Å². The molecule has 6 nitrogen and oxygen atoms in total. The van der Waals surface area contributed by atoms with E-state index in [1.54, 1.807) is 24.7 Å². The lowest BCUT2D eigenvalue weighted by Gasteiger charge is -2.08. The molecule has 24 heavy (non-hydrogen) atoms. The number of fused-ring (bicyclic) bond motifs is 1. The van der Waals surface area contributed by atoms with Crippen molar-refractivity contribution in [3.8, 4) is 17.1 Å². The molecule has 3 rings (SSSR count). The summed E-state index contributed by atoms with van der Waals surface area (Å²) >= 11 is 0. The molecule has 2 aromatic heterocycles. The molecule has 3 aromatic rings. The van der Waals surface area contributed by atoms with Gasteiger partial charge in [0.2, 0.25) is 0 Å². The van der Waals surface area contributed by atoms with Crippen LogP contribution in [0.4, 0.5) is 0 Å². The second-order valence-electron chi connectivity index (χ2n) is 5.64. The summed E-state index contributed by atoms with van der Waals surface area (Å²) in [6.07, 6.45) is 2.51. The van der Waals surface area contributed by atoms with Crippen LogP contribution in [-0.4, -0.2) is 27.0 Å². The first kappa shape index (κ1) is 16.0. The van der Waals surface area contributed by atoms with Crippen LogP contribution in [0.25, 0.3) is 22.4 Å². The first-order valence-corrected chi connectivity index (χ1v) is 7.79. The van der Waals surface area contributed by atoms with Crippen LogP contribution in [0.1, 0.15) is 12.5 Å². The van der Waals surface area contributed by atoms with E-state index in [9.17, 15) is 9.59 Å². The van der Waals surface area contributed by atoms with Crippen LogP contribution in [0.2, 0.25) is 0 Å². The normalized spacial score (nSPS) is 11.0. The summed E-state index contributed by atoms with van der Waals surface area (Å²) in [7, 11) is 1.74. The molecule has 0 aliphatic carbocycles. The van der Waals surface area contributed by atoms with Gasteiger partial charge in [-0.25, -0.2) is 4.98 Å². The number of rotatable bonds is 5. The van der Waals surface area contributed by atoms with E-state index in [0.717, 1.165) is 29.0 Å². The highest BCUT2D eigenvalue weighted by molar-refractivity contribution is 5.82. The van der Waals surface area contributed by atoms with Gasteiger partial charge in [-0.1, -0.05) is 0 Å². The zero-order valence-electron chi connectivity index (χ0n) is 13.9. The van der Waals surface area contributed by atoms with Crippen molar-refractivity contribution in [2.45, 2.75) is 20.4 Å². The van der Waals surface area contributed by atoms with Gasteiger partial charge < -0.3 is 13.9 Å². The molecule has 0 spiro atoms. The highest BCUT2D eigenvalue weighted by atomic mass is 16.5. The van der Waals surface area contributed by atoms with Crippen molar-refractivity contribution in [3.63, 3.8) is 0 Å². The Kier molecular flexibility index (Phi) is 4.20. The lowest BCUT2D eigenvalue weighted by molar-refractivity contribution is -0.109. The van der Waals surface area contributed by atoms with Crippen LogP contribution in [-0.2, 0) is 18.4 Å². The van der Waals surface area contributed by atoms with Crippen molar-refractivity contribution < 1.29 is 9.53 Å². The Morgan fingerprint density at radius 2 is 2.08 bits per heavy atom. The fourth-order valence-electron chi connectivity index (χ4n) is 2.87. The Bertz CT molecular complexity index is 943. The number of pyridine rings is 1. The van der Waals surface area contributed by atoms with Gasteiger partial charge in [0.15, 0.2) is 6.29 Å². The standard InChI is InChI=1S/C18H19N3O3/c1-4-21-16-6-5-14(24-8-7-22)10-15(16)19-17(21)13-9-12(2)18(23)20(3)11-13/h5-7,9-11H,4,8H2,1-3H3. The number of aryl methyl sites for hydroxylation is 3. The number of carbonyl (C=O) groups is 1. The van der Waals surface area contributed by atoms with E-state index in [1.165, 1.54) is 0 Å². The molecule has 2 heterocycles. The van der Waals surface area contributed by atoms with E-state index in [-0.39, 0.29) is 12.2 Å². The van der Waals surface area contributed by atoms with E-state index in [4.69, 9.17) is 9.72 Å². The average Bonchev–Trinajstić information content (AvgIpc) is 2.95. The smallest absolute Gasteiger partial charge is 0.253 e. The minimum atomic E-state index is -0.0116. The third-order valence-electron chi connectivity index (χ3n) is 3.97. The molecule has 0 atom stereocenters. The monoisotopic (exact) mass is 325 g/mol. The Morgan fingerprint density at radius 3 is 2.75 bits per heavy atom. The molecule has 1 aromatic carbocycles. The summed E-state index contributed by atoms with van der Waals surface area (Å²) in [5, 5.41) is 0. The number of ether oxygens (including phenoxy) is 1. The van der Waals surface area contributed by atoms with Crippen molar-refractivity contribution in [2.24, 2.45) is 7.05 Å². The first-order chi connectivity index (χ1) is 11.5. The molecule has 0 aliphatic heterocycles. The van der Waals surface area contributed by atoms with Crippen molar-refractivity contribution in [1.29, 1.82) is 0 Å². The molecule has 0 amide bonds. The quantitative estimate of drug-likeness (QED) is 0.675. The molecule has 0 unspecified atom stereocenters. The van der Waals surface area contributed by atoms with Gasteiger partial charge in [-0.2, -0.15) is 0 Å². The number of benzene rings is 1. The molecule has 0 fully saturated rings. The van der Waals surface area contributed by atoms with Crippen LogP contribution >= 0.6 is 0 Å². The molecule has 0 saturated carbocycles. The number of hydrogen-bond acceptors (Lipinski definition) is 4. The van der Waals surface area contributed by atoms with Gasteiger partial charge in [0, 0.05) is 37.0 Å². The Hall–Kier alpha value is -2.89. The number of nitrogens with zero attached hydrogens (tertiary/aromatic N) is 3. The maximum Gasteiger partial charge on any atom is 0.253 e. The predicted molar refractivity (Wildman–Crippen MR) is 92.4 cm³/mol. The van der Waals surface area contributed by atoms with Crippen molar-refractivity contribution in [2.75, 3.05) is 6.61 Å². The van der Waals surface area contributed by atoms with Crippen LogP contribution in [0.3, 0.4) is 0 Å². The SMILES string of the molecule is CCn1c(-c2cc(C)c(=O)n(C)c2)nc2cc(OCC=O)ccc21. The summed E-state index contributed by atoms with van der Waals surface area (Å²) in [5.41, 5.74) is 3.34. The molecule has 0 N–H and O–H groups in total. The second kappa shape index (κ2) is 6.31. The fourth-order valence-corrected chi connectivity index (χ4v) is 2.87. The van der Waals surface area contributed by atoms with E-state index >= 15 is 0 Å². The third-order valence-corrected chi connectivity index (χ3v) is 3.97. The maximum atomic E-state index is 11.9. The zero-order chi connectivity index (χ0) is 17.3. The minimum absolute atomic E-state index is 0.0116. The summed E-state index contributed by atoms with van der Waals surface area (Å²) in [5.74, 6) is 1.41. The van der Waals surface area contributed by atoms with Gasteiger partial charge in [-0.3, -0.25) is 9.59 Å². The van der Waals surface area contributed by atoms with E-state index < -0.39 is 0 Å². The molecule has 0 radical (unpaired) electrons. The van der Waals surface area contributed by atoms with Gasteiger partial charge in [-0.05, 0) is 32.0 Å². The summed E-state index contributed by atoms with van der Waals surface area (Å²) < 4.78 is 9.01. The third kappa shape index (κ3) is 2.71. The number of aromatic nitrogens is 3. The topological polar surface area (TPSA) is 66.1 Å². The molecular weight excluding hydrogens is 306 g/mol. The highest BCUT2D eigenvalue weighted by Gasteiger charge is 2.14. The Labute approximate surface area is 139 Å². The average molecular weight is 325 g/mol. The fraction of sp³-hybridized carbons (Fsp3) is 0.278. The van der Waals surface area contributed by atoms with Gasteiger partial charge in [0.25, 0.3) is 5.56 Å². The first-order valence-electron chi connectivity index (χ1n) is 7.79. The number of imidazole rings is 1. The molecule has 0 bridgehead atoms. The van der Waals surface area contributed by atoms with Crippen molar-refractivity contribution in [3.05, 3.63) is 46.4 Å². The number of aldehydes is 1. The molecule has 0 aliphatic rings. The number of hydrogen-bond donors (Lipinski definition) is 0. The summed E-state index contributed by atoms with van der Waals surface area (Å²) in [6.45, 7) is 4.63. The van der Waals surface area contributed by atoms with Crippen molar-refractivity contribution >= 4 is 17.3 Å².